The topological polar surface area (TPSA) is 58.2 Å². The maximum atomic E-state index is 13.5. The fourth-order valence-electron chi connectivity index (χ4n) is 3.51. The molecule has 1 atom stereocenters. The molecule has 0 aromatic heterocycles. The zero-order valence-electron chi connectivity index (χ0n) is 14.4. The Morgan fingerprint density at radius 2 is 1.36 bits per heavy atom. The second-order valence-electron chi connectivity index (χ2n) is 6.52. The highest BCUT2D eigenvalue weighted by molar-refractivity contribution is 7.90. The van der Waals surface area contributed by atoms with Crippen molar-refractivity contribution < 1.29 is 30.4 Å². The number of sulfonamides is 1. The Kier molecular flexibility index (Phi) is 5.48. The van der Waals surface area contributed by atoms with Gasteiger partial charge in [-0.3, -0.25) is 0 Å². The van der Waals surface area contributed by atoms with Gasteiger partial charge in [0, 0.05) is 6.04 Å². The molecular weight excluding hydrogens is 403 g/mol. The zero-order chi connectivity index (χ0) is 20.6. The molecule has 0 amide bonds. The maximum absolute atomic E-state index is 13.5. The van der Waals surface area contributed by atoms with Crippen LogP contribution in [-0.4, -0.2) is 26.5 Å². The summed E-state index contributed by atoms with van der Waals surface area (Å²) in [6.45, 7) is 0.461. The summed E-state index contributed by atoms with van der Waals surface area (Å²) in [6.07, 6.45) is 0.956. The van der Waals surface area contributed by atoms with Gasteiger partial charge in [-0.15, -0.1) is 0 Å². The predicted molar refractivity (Wildman–Crippen MR) is 92.7 cm³/mol. The van der Waals surface area contributed by atoms with E-state index in [1.54, 1.807) is 4.72 Å². The molecular formula is C18H17F5N2O2S. The van der Waals surface area contributed by atoms with Crippen molar-refractivity contribution in [2.75, 3.05) is 6.54 Å². The van der Waals surface area contributed by atoms with Crippen LogP contribution in [0.3, 0.4) is 0 Å². The smallest absolute Gasteiger partial charge is 0.311 e. The summed E-state index contributed by atoms with van der Waals surface area (Å²) in [4.78, 5) is 0. The lowest BCUT2D eigenvalue weighted by atomic mass is 9.77. The van der Waals surface area contributed by atoms with E-state index in [4.69, 9.17) is 0 Å². The fourth-order valence-corrected chi connectivity index (χ4v) is 4.43. The van der Waals surface area contributed by atoms with E-state index in [1.807, 2.05) is 0 Å². The lowest BCUT2D eigenvalue weighted by molar-refractivity contribution is -0.0457. The second kappa shape index (κ2) is 7.41. The van der Waals surface area contributed by atoms with Crippen LogP contribution in [0.1, 0.15) is 24.0 Å². The average Bonchev–Trinajstić information content (AvgIpc) is 3.15. The van der Waals surface area contributed by atoms with Crippen LogP contribution in [-0.2, 0) is 15.6 Å². The molecule has 0 radical (unpaired) electrons. The van der Waals surface area contributed by atoms with E-state index in [0.717, 1.165) is 24.3 Å². The molecule has 0 aliphatic carbocycles. The highest BCUT2D eigenvalue weighted by atomic mass is 32.2. The van der Waals surface area contributed by atoms with Crippen molar-refractivity contribution in [2.24, 2.45) is 0 Å². The summed E-state index contributed by atoms with van der Waals surface area (Å²) < 4.78 is 92.5. The van der Waals surface area contributed by atoms with E-state index in [1.165, 1.54) is 24.3 Å². The van der Waals surface area contributed by atoms with Crippen LogP contribution in [0.2, 0.25) is 0 Å². The van der Waals surface area contributed by atoms with Gasteiger partial charge in [0.15, 0.2) is 0 Å². The Balaban J connectivity index is 2.28. The highest BCUT2D eigenvalue weighted by Crippen LogP contribution is 2.39. The van der Waals surface area contributed by atoms with Crippen molar-refractivity contribution in [1.29, 1.82) is 0 Å². The lowest BCUT2D eigenvalue weighted by Crippen LogP contribution is -2.59. The third-order valence-corrected chi connectivity index (χ3v) is 5.98. The van der Waals surface area contributed by atoms with Gasteiger partial charge in [0.2, 0.25) is 0 Å². The Morgan fingerprint density at radius 3 is 1.71 bits per heavy atom. The van der Waals surface area contributed by atoms with E-state index in [0.29, 0.717) is 19.4 Å². The lowest BCUT2D eigenvalue weighted by Gasteiger charge is -2.41. The first-order valence-electron chi connectivity index (χ1n) is 8.42. The van der Waals surface area contributed by atoms with Crippen molar-refractivity contribution in [3.05, 3.63) is 71.3 Å². The number of halogens is 5. The second-order valence-corrected chi connectivity index (χ2v) is 8.20. The highest BCUT2D eigenvalue weighted by Gasteiger charge is 2.54. The molecule has 2 N–H and O–H groups in total. The van der Waals surface area contributed by atoms with Crippen molar-refractivity contribution in [2.45, 2.75) is 29.9 Å². The van der Waals surface area contributed by atoms with Crippen LogP contribution >= 0.6 is 0 Å². The van der Waals surface area contributed by atoms with Gasteiger partial charge in [-0.05, 0) is 54.8 Å². The van der Waals surface area contributed by atoms with E-state index in [9.17, 15) is 30.4 Å². The molecule has 10 heteroatoms. The molecule has 2 aromatic carbocycles. The third-order valence-electron chi connectivity index (χ3n) is 4.78. The quantitative estimate of drug-likeness (QED) is 0.729. The molecule has 2 aromatic rings. The number of nitrogens with one attached hydrogen (secondary N) is 2. The third kappa shape index (κ3) is 3.76. The van der Waals surface area contributed by atoms with Gasteiger partial charge >= 0.3 is 15.5 Å². The Bertz CT molecular complexity index is 876. The van der Waals surface area contributed by atoms with Gasteiger partial charge in [-0.1, -0.05) is 24.3 Å². The van der Waals surface area contributed by atoms with E-state index < -0.39 is 38.7 Å². The molecule has 1 aliphatic rings. The van der Waals surface area contributed by atoms with Gasteiger partial charge in [0.05, 0.1) is 5.54 Å². The van der Waals surface area contributed by atoms with Gasteiger partial charge < -0.3 is 5.32 Å². The number of hydrogen-bond donors (Lipinski definition) is 2. The molecule has 1 unspecified atom stereocenters. The molecule has 4 nitrogen and oxygen atoms in total. The molecule has 1 heterocycles. The minimum Gasteiger partial charge on any atom is -0.311 e. The number of alkyl halides is 3. The van der Waals surface area contributed by atoms with Crippen molar-refractivity contribution >= 4 is 10.0 Å². The first kappa shape index (κ1) is 20.7. The van der Waals surface area contributed by atoms with Gasteiger partial charge in [0.25, 0.3) is 0 Å². The molecule has 0 bridgehead atoms. The Morgan fingerprint density at radius 1 is 0.893 bits per heavy atom. The van der Waals surface area contributed by atoms with Crippen LogP contribution in [0.4, 0.5) is 22.0 Å². The van der Waals surface area contributed by atoms with E-state index in [2.05, 4.69) is 5.32 Å². The number of hydrogen-bond acceptors (Lipinski definition) is 3. The molecule has 0 saturated carbocycles. The summed E-state index contributed by atoms with van der Waals surface area (Å²) in [5.74, 6) is -1.26. The van der Waals surface area contributed by atoms with Gasteiger partial charge in [0.1, 0.15) is 11.6 Å². The standard InChI is InChI=1S/C18H17F5N2O2S/c19-14-7-3-12(4-8-14)17(16-2-1-11-24-16,13-5-9-15(20)10-6-13)25-28(26,27)18(21,22)23/h3-10,16,24-25H,1-2,11H2. The molecule has 152 valence electrons. The minimum absolute atomic E-state index is 0.104. The van der Waals surface area contributed by atoms with Crippen LogP contribution in [0, 0.1) is 11.6 Å². The largest absolute Gasteiger partial charge is 0.511 e. The summed E-state index contributed by atoms with van der Waals surface area (Å²) in [5, 5.41) is 3.02. The molecule has 1 fully saturated rings. The minimum atomic E-state index is -5.79. The molecule has 28 heavy (non-hydrogen) atoms. The summed E-state index contributed by atoms with van der Waals surface area (Å²) in [7, 11) is -5.79. The molecule has 1 aliphatic heterocycles. The van der Waals surface area contributed by atoms with Crippen LogP contribution in [0.5, 0.6) is 0 Å². The zero-order valence-corrected chi connectivity index (χ0v) is 15.2. The van der Waals surface area contributed by atoms with Crippen LogP contribution < -0.4 is 10.0 Å². The van der Waals surface area contributed by atoms with Gasteiger partial charge in [-0.25, -0.2) is 17.2 Å². The normalized spacial score (nSPS) is 18.4. The SMILES string of the molecule is O=S(=O)(NC(c1ccc(F)cc1)(c1ccc(F)cc1)C1CCCN1)C(F)(F)F. The average molecular weight is 420 g/mol. The number of benzene rings is 2. The Hall–Kier alpha value is -2.04. The summed E-state index contributed by atoms with van der Waals surface area (Å²) in [6, 6.07) is 8.24. The Labute approximate surface area is 158 Å². The number of rotatable bonds is 5. The van der Waals surface area contributed by atoms with E-state index in [-0.39, 0.29) is 11.1 Å². The van der Waals surface area contributed by atoms with Crippen molar-refractivity contribution in [3.8, 4) is 0 Å². The molecule has 0 spiro atoms. The van der Waals surface area contributed by atoms with Gasteiger partial charge in [-0.2, -0.15) is 17.9 Å². The fraction of sp³-hybridized carbons (Fsp3) is 0.333. The van der Waals surface area contributed by atoms with Crippen LogP contribution in [0.25, 0.3) is 0 Å². The van der Waals surface area contributed by atoms with E-state index >= 15 is 0 Å². The van der Waals surface area contributed by atoms with Crippen molar-refractivity contribution in [3.63, 3.8) is 0 Å². The monoisotopic (exact) mass is 420 g/mol. The first-order chi connectivity index (χ1) is 13.1. The first-order valence-corrected chi connectivity index (χ1v) is 9.90. The maximum Gasteiger partial charge on any atom is 0.511 e. The summed E-state index contributed by atoms with van der Waals surface area (Å²) >= 11 is 0. The molecule has 3 rings (SSSR count). The van der Waals surface area contributed by atoms with Crippen LogP contribution in [0.15, 0.2) is 48.5 Å². The predicted octanol–water partition coefficient (Wildman–Crippen LogP) is 3.40. The summed E-state index contributed by atoms with van der Waals surface area (Å²) in [5.41, 5.74) is -7.26. The van der Waals surface area contributed by atoms with Crippen molar-refractivity contribution in [1.82, 2.24) is 10.0 Å². The molecule has 1 saturated heterocycles.